The summed E-state index contributed by atoms with van der Waals surface area (Å²) in [6.07, 6.45) is 4.35. The van der Waals surface area contributed by atoms with E-state index in [0.717, 1.165) is 0 Å². The lowest BCUT2D eigenvalue weighted by Gasteiger charge is -2.10. The largest absolute Gasteiger partial charge is 0.305 e. The summed E-state index contributed by atoms with van der Waals surface area (Å²) >= 11 is 0. The highest BCUT2D eigenvalue weighted by Gasteiger charge is 2.23. The van der Waals surface area contributed by atoms with Gasteiger partial charge in [-0.1, -0.05) is 0 Å². The van der Waals surface area contributed by atoms with Crippen molar-refractivity contribution in [1.82, 2.24) is 9.97 Å². The average molecular weight is 197 g/mol. The number of rotatable bonds is 0. The Morgan fingerprint density at radius 1 is 1.38 bits per heavy atom. The Kier molecular flexibility index (Phi) is 1.66. The van der Waals surface area contributed by atoms with Crippen LogP contribution in [0.3, 0.4) is 0 Å². The van der Waals surface area contributed by atoms with Crippen molar-refractivity contribution < 1.29 is 9.00 Å². The summed E-state index contributed by atoms with van der Waals surface area (Å²) in [5, 5.41) is 0. The van der Waals surface area contributed by atoms with Gasteiger partial charge in [-0.3, -0.25) is 9.78 Å². The second kappa shape index (κ2) is 2.59. The summed E-state index contributed by atoms with van der Waals surface area (Å²) in [4.78, 5) is 19.0. The molecule has 1 aliphatic rings. The molecule has 1 aromatic heterocycles. The van der Waals surface area contributed by atoms with E-state index in [1.54, 1.807) is 0 Å². The average Bonchev–Trinajstić information content (AvgIpc) is 2.02. The van der Waals surface area contributed by atoms with Gasteiger partial charge in [-0.15, -0.1) is 0 Å². The van der Waals surface area contributed by atoms with E-state index in [9.17, 15) is 9.00 Å². The second-order valence-corrected chi connectivity index (χ2v) is 5.24. The van der Waals surface area contributed by atoms with Crippen molar-refractivity contribution in [3.8, 4) is 0 Å². The van der Waals surface area contributed by atoms with Crippen LogP contribution in [0.1, 0.15) is 16.2 Å². The Morgan fingerprint density at radius 3 is 2.85 bits per heavy atom. The highest BCUT2D eigenvalue weighted by molar-refractivity contribution is 7.92. The lowest BCUT2D eigenvalue weighted by Crippen LogP contribution is -2.18. The van der Waals surface area contributed by atoms with Gasteiger partial charge in [0.1, 0.15) is 0 Å². The Labute approximate surface area is 75.4 Å². The molecule has 1 aromatic rings. The first-order chi connectivity index (χ1) is 6.08. The molecule has 0 spiro atoms. The van der Waals surface area contributed by atoms with Crippen LogP contribution < -0.4 is 0 Å². The molecule has 0 bridgehead atoms. The van der Waals surface area contributed by atoms with Crippen molar-refractivity contribution >= 4 is 15.6 Å². The van der Waals surface area contributed by atoms with Crippen LogP contribution in [0.25, 0.3) is 0 Å². The van der Waals surface area contributed by atoms with E-state index in [4.69, 9.17) is 0 Å². The standard InChI is InChI=1S/C7H7N3O2S/c1-13(12)4-5-6(7(11)10-13)9-3-2-8-5/h2-3H,4H2,1H3. The van der Waals surface area contributed by atoms with Crippen LogP contribution in [0.2, 0.25) is 0 Å². The predicted molar refractivity (Wildman–Crippen MR) is 46.6 cm³/mol. The van der Waals surface area contributed by atoms with Crippen LogP contribution in [0.4, 0.5) is 0 Å². The molecule has 0 fully saturated rings. The van der Waals surface area contributed by atoms with E-state index in [0.29, 0.717) is 5.69 Å². The zero-order valence-electron chi connectivity index (χ0n) is 6.93. The third kappa shape index (κ3) is 1.44. The van der Waals surface area contributed by atoms with Crippen LogP contribution >= 0.6 is 0 Å². The second-order valence-electron chi connectivity index (χ2n) is 2.85. The zero-order valence-corrected chi connectivity index (χ0v) is 7.74. The molecule has 1 atom stereocenters. The summed E-state index contributed by atoms with van der Waals surface area (Å²) in [6, 6.07) is 0. The molecule has 5 nitrogen and oxygen atoms in total. The van der Waals surface area contributed by atoms with Crippen LogP contribution in [-0.2, 0) is 15.5 Å². The maximum absolute atomic E-state index is 11.5. The minimum atomic E-state index is -2.42. The molecule has 0 radical (unpaired) electrons. The molecule has 6 heteroatoms. The molecule has 2 rings (SSSR count). The molecular formula is C7H7N3O2S. The fourth-order valence-corrected chi connectivity index (χ4v) is 2.38. The molecule has 1 aliphatic heterocycles. The Hall–Kier alpha value is -1.30. The maximum atomic E-state index is 11.5. The SMILES string of the molecule is CS1(=O)=NC(=O)c2nccnc2C1. The smallest absolute Gasteiger partial charge is 0.264 e. The summed E-state index contributed by atoms with van der Waals surface area (Å²) in [5.74, 6) is -0.316. The Morgan fingerprint density at radius 2 is 2.08 bits per heavy atom. The summed E-state index contributed by atoms with van der Waals surface area (Å²) in [6.45, 7) is 0. The van der Waals surface area contributed by atoms with Crippen LogP contribution in [-0.4, -0.2) is 26.3 Å². The minimum Gasteiger partial charge on any atom is -0.264 e. The molecule has 0 N–H and O–H groups in total. The van der Waals surface area contributed by atoms with Gasteiger partial charge in [-0.05, 0) is 0 Å². The molecule has 2 heterocycles. The number of hydrogen-bond acceptors (Lipinski definition) is 4. The number of fused-ring (bicyclic) bond motifs is 1. The van der Waals surface area contributed by atoms with Crippen LogP contribution in [0, 0.1) is 0 Å². The Balaban J connectivity index is 2.66. The zero-order chi connectivity index (χ0) is 9.47. The lowest BCUT2D eigenvalue weighted by molar-refractivity contribution is 0.0997. The van der Waals surface area contributed by atoms with E-state index in [1.807, 2.05) is 0 Å². The number of amides is 1. The normalized spacial score (nSPS) is 26.4. The van der Waals surface area contributed by atoms with Crippen molar-refractivity contribution in [3.05, 3.63) is 23.8 Å². The molecule has 0 saturated heterocycles. The van der Waals surface area contributed by atoms with Gasteiger partial charge in [-0.25, -0.2) is 9.19 Å². The molecule has 0 aromatic carbocycles. The quantitative estimate of drug-likeness (QED) is 0.596. The first-order valence-electron chi connectivity index (χ1n) is 3.62. The third-order valence-electron chi connectivity index (χ3n) is 1.66. The van der Waals surface area contributed by atoms with Gasteiger partial charge in [0, 0.05) is 18.6 Å². The van der Waals surface area contributed by atoms with E-state index in [-0.39, 0.29) is 11.4 Å². The van der Waals surface area contributed by atoms with Gasteiger partial charge in [0.2, 0.25) is 0 Å². The number of aromatic nitrogens is 2. The molecule has 13 heavy (non-hydrogen) atoms. The number of nitrogens with zero attached hydrogens (tertiary/aromatic N) is 3. The molecule has 1 amide bonds. The van der Waals surface area contributed by atoms with Crippen molar-refractivity contribution in [2.75, 3.05) is 6.26 Å². The first-order valence-corrected chi connectivity index (χ1v) is 5.72. The minimum absolute atomic E-state index is 0.210. The molecule has 0 aliphatic carbocycles. The van der Waals surface area contributed by atoms with Gasteiger partial charge in [0.15, 0.2) is 5.69 Å². The first kappa shape index (κ1) is 8.31. The molecule has 68 valence electrons. The predicted octanol–water partition coefficient (Wildman–Crippen LogP) is 0.228. The van der Waals surface area contributed by atoms with E-state index >= 15 is 0 Å². The maximum Gasteiger partial charge on any atom is 0.305 e. The highest BCUT2D eigenvalue weighted by Crippen LogP contribution is 2.15. The summed E-state index contributed by atoms with van der Waals surface area (Å²) in [5.41, 5.74) is 0.707. The van der Waals surface area contributed by atoms with Crippen molar-refractivity contribution in [3.63, 3.8) is 0 Å². The number of hydrogen-bond donors (Lipinski definition) is 0. The summed E-state index contributed by atoms with van der Waals surface area (Å²) < 4.78 is 15.1. The fraction of sp³-hybridized carbons (Fsp3) is 0.286. The molecule has 1 unspecified atom stereocenters. The lowest BCUT2D eigenvalue weighted by atomic mass is 10.3. The van der Waals surface area contributed by atoms with Crippen LogP contribution in [0.5, 0.6) is 0 Å². The van der Waals surface area contributed by atoms with Crippen molar-refractivity contribution in [2.45, 2.75) is 5.75 Å². The number of carbonyl (C=O) groups excluding carboxylic acids is 1. The Bertz CT molecular complexity index is 488. The van der Waals surface area contributed by atoms with Crippen molar-refractivity contribution in [2.24, 2.45) is 4.36 Å². The third-order valence-corrected chi connectivity index (χ3v) is 3.02. The number of carbonyl (C=O) groups is 1. The van der Waals surface area contributed by atoms with Gasteiger partial charge in [-0.2, -0.15) is 4.36 Å². The van der Waals surface area contributed by atoms with E-state index < -0.39 is 15.6 Å². The topological polar surface area (TPSA) is 72.3 Å². The monoisotopic (exact) mass is 197 g/mol. The van der Waals surface area contributed by atoms with E-state index in [1.165, 1.54) is 18.6 Å². The van der Waals surface area contributed by atoms with Crippen molar-refractivity contribution in [1.29, 1.82) is 0 Å². The molecule has 0 saturated carbocycles. The van der Waals surface area contributed by atoms with Gasteiger partial charge < -0.3 is 0 Å². The van der Waals surface area contributed by atoms with Gasteiger partial charge in [0.05, 0.1) is 21.2 Å². The van der Waals surface area contributed by atoms with Gasteiger partial charge >= 0.3 is 5.91 Å². The molecular weight excluding hydrogens is 190 g/mol. The van der Waals surface area contributed by atoms with Crippen LogP contribution in [0.15, 0.2) is 16.8 Å². The summed E-state index contributed by atoms with van der Waals surface area (Å²) in [7, 11) is -2.42. The van der Waals surface area contributed by atoms with E-state index in [2.05, 4.69) is 14.3 Å². The van der Waals surface area contributed by atoms with Gasteiger partial charge in [0.25, 0.3) is 0 Å². The highest BCUT2D eigenvalue weighted by atomic mass is 32.2. The fourth-order valence-electron chi connectivity index (χ4n) is 1.16.